The maximum absolute atomic E-state index is 5.86. The fourth-order valence-corrected chi connectivity index (χ4v) is 3.95. The second-order valence-corrected chi connectivity index (χ2v) is 7.34. The van der Waals surface area contributed by atoms with Crippen molar-refractivity contribution in [3.05, 3.63) is 28.7 Å². The van der Waals surface area contributed by atoms with E-state index in [1.54, 1.807) is 0 Å². The van der Waals surface area contributed by atoms with Crippen molar-refractivity contribution in [2.75, 3.05) is 32.8 Å². The molecule has 2 aliphatic rings. The molecule has 4 heteroatoms. The molecule has 2 fully saturated rings. The van der Waals surface area contributed by atoms with E-state index in [1.807, 2.05) is 24.3 Å². The van der Waals surface area contributed by atoms with Gasteiger partial charge < -0.3 is 10.1 Å². The molecule has 3 rings (SSSR count). The number of hydrogen-bond donors (Lipinski definition) is 1. The molecule has 0 radical (unpaired) electrons. The minimum absolute atomic E-state index is 0.289. The zero-order valence-electron chi connectivity index (χ0n) is 12.2. The number of benzene rings is 1. The number of halogens is 1. The molecule has 0 aromatic heterocycles. The van der Waals surface area contributed by atoms with Crippen molar-refractivity contribution in [3.8, 4) is 5.75 Å². The summed E-state index contributed by atoms with van der Waals surface area (Å²) >= 11 is 3.44. The Morgan fingerprint density at radius 2 is 2.05 bits per heavy atom. The van der Waals surface area contributed by atoms with Crippen molar-refractivity contribution in [2.24, 2.45) is 11.8 Å². The van der Waals surface area contributed by atoms with Crippen LogP contribution in [0.3, 0.4) is 0 Å². The Balaban J connectivity index is 1.53. The first-order valence-electron chi connectivity index (χ1n) is 7.41. The molecule has 1 N–H and O–H groups in total. The van der Waals surface area contributed by atoms with E-state index < -0.39 is 0 Å². The van der Waals surface area contributed by atoms with Crippen LogP contribution < -0.4 is 10.1 Å². The van der Waals surface area contributed by atoms with Crippen LogP contribution in [0, 0.1) is 11.8 Å². The molecule has 1 aromatic rings. The van der Waals surface area contributed by atoms with Gasteiger partial charge in [-0.3, -0.25) is 4.90 Å². The Labute approximate surface area is 129 Å². The number of rotatable bonds is 4. The highest BCUT2D eigenvalue weighted by Gasteiger charge is 2.49. The van der Waals surface area contributed by atoms with Crippen LogP contribution in [0.25, 0.3) is 0 Å². The van der Waals surface area contributed by atoms with E-state index in [1.165, 1.54) is 19.6 Å². The number of nitrogens with zero attached hydrogens (tertiary/aromatic N) is 1. The summed E-state index contributed by atoms with van der Waals surface area (Å²) in [4.78, 5) is 2.60. The van der Waals surface area contributed by atoms with Gasteiger partial charge in [0.2, 0.25) is 0 Å². The second kappa shape index (κ2) is 5.66. The summed E-state index contributed by atoms with van der Waals surface area (Å²) in [5.74, 6) is 2.56. The van der Waals surface area contributed by atoms with E-state index in [9.17, 15) is 0 Å². The van der Waals surface area contributed by atoms with E-state index in [2.05, 4.69) is 40.0 Å². The van der Waals surface area contributed by atoms with Crippen LogP contribution in [0.1, 0.15) is 13.8 Å². The third-order valence-corrected chi connectivity index (χ3v) is 5.49. The van der Waals surface area contributed by atoms with Gasteiger partial charge in [0.25, 0.3) is 0 Å². The smallest absolute Gasteiger partial charge is 0.119 e. The Bertz CT molecular complexity index is 460. The molecule has 20 heavy (non-hydrogen) atoms. The van der Waals surface area contributed by atoms with Gasteiger partial charge in [-0.15, -0.1) is 0 Å². The average molecular weight is 339 g/mol. The molecular weight excluding hydrogens is 316 g/mol. The molecule has 2 unspecified atom stereocenters. The van der Waals surface area contributed by atoms with E-state index >= 15 is 0 Å². The highest BCUT2D eigenvalue weighted by molar-refractivity contribution is 9.10. The van der Waals surface area contributed by atoms with Gasteiger partial charge in [-0.2, -0.15) is 0 Å². The van der Waals surface area contributed by atoms with Crippen LogP contribution in [0.5, 0.6) is 5.75 Å². The third kappa shape index (κ3) is 2.74. The maximum Gasteiger partial charge on any atom is 0.119 e. The molecule has 2 aliphatic heterocycles. The molecular formula is C16H23BrN2O. The summed E-state index contributed by atoms with van der Waals surface area (Å²) in [6.07, 6.45) is 0. The van der Waals surface area contributed by atoms with Crippen molar-refractivity contribution < 1.29 is 4.74 Å². The van der Waals surface area contributed by atoms with E-state index in [-0.39, 0.29) is 5.54 Å². The molecule has 0 saturated carbocycles. The lowest BCUT2D eigenvalue weighted by Gasteiger charge is -2.35. The summed E-state index contributed by atoms with van der Waals surface area (Å²) in [5, 5.41) is 3.53. The lowest BCUT2D eigenvalue weighted by molar-refractivity contribution is 0.117. The van der Waals surface area contributed by atoms with Crippen molar-refractivity contribution >= 4 is 15.9 Å². The van der Waals surface area contributed by atoms with Crippen LogP contribution in [0.2, 0.25) is 0 Å². The predicted octanol–water partition coefficient (Wildman–Crippen LogP) is 2.76. The van der Waals surface area contributed by atoms with Crippen LogP contribution >= 0.6 is 15.9 Å². The van der Waals surface area contributed by atoms with Gasteiger partial charge in [0, 0.05) is 29.6 Å². The fourth-order valence-electron chi connectivity index (χ4n) is 3.69. The van der Waals surface area contributed by atoms with E-state index in [0.717, 1.165) is 35.2 Å². The first-order valence-corrected chi connectivity index (χ1v) is 8.21. The number of hydrogen-bond acceptors (Lipinski definition) is 3. The molecule has 110 valence electrons. The molecule has 0 amide bonds. The van der Waals surface area contributed by atoms with Crippen molar-refractivity contribution in [3.63, 3.8) is 0 Å². The molecule has 2 heterocycles. The topological polar surface area (TPSA) is 24.5 Å². The third-order valence-electron chi connectivity index (χ3n) is 4.96. The average Bonchev–Trinajstić information content (AvgIpc) is 2.96. The number of ether oxygens (including phenoxy) is 1. The first-order chi connectivity index (χ1) is 9.57. The predicted molar refractivity (Wildman–Crippen MR) is 85.1 cm³/mol. The van der Waals surface area contributed by atoms with Gasteiger partial charge in [-0.05, 0) is 56.5 Å². The normalized spacial score (nSPS) is 28.6. The second-order valence-electron chi connectivity index (χ2n) is 6.43. The van der Waals surface area contributed by atoms with Crippen molar-refractivity contribution in [2.45, 2.75) is 19.4 Å². The Hall–Kier alpha value is -0.580. The lowest BCUT2D eigenvalue weighted by atomic mass is 9.85. The monoisotopic (exact) mass is 338 g/mol. The number of likely N-dealkylation sites (tertiary alicyclic amines) is 1. The summed E-state index contributed by atoms with van der Waals surface area (Å²) in [6, 6.07) is 8.06. The van der Waals surface area contributed by atoms with E-state index in [4.69, 9.17) is 4.74 Å². The molecule has 2 saturated heterocycles. The maximum atomic E-state index is 5.86. The summed E-state index contributed by atoms with van der Waals surface area (Å²) in [5.41, 5.74) is 0.289. The van der Waals surface area contributed by atoms with Crippen LogP contribution in [-0.4, -0.2) is 43.2 Å². The minimum atomic E-state index is 0.289. The summed E-state index contributed by atoms with van der Waals surface area (Å²) in [7, 11) is 0. The van der Waals surface area contributed by atoms with Crippen LogP contribution in [-0.2, 0) is 0 Å². The van der Waals surface area contributed by atoms with Crippen LogP contribution in [0.4, 0.5) is 0 Å². The molecule has 0 bridgehead atoms. The van der Waals surface area contributed by atoms with Gasteiger partial charge in [0.05, 0.1) is 0 Å². The van der Waals surface area contributed by atoms with Gasteiger partial charge in [0.15, 0.2) is 0 Å². The molecule has 0 spiro atoms. The first kappa shape index (κ1) is 14.4. The molecule has 1 aromatic carbocycles. The van der Waals surface area contributed by atoms with Crippen LogP contribution in [0.15, 0.2) is 28.7 Å². The SMILES string of the molecule is CC1(C)C2CNCC2CN1CCOc1ccc(Br)cc1. The minimum Gasteiger partial charge on any atom is -0.492 e. The Kier molecular flexibility index (Phi) is 4.07. The largest absolute Gasteiger partial charge is 0.492 e. The van der Waals surface area contributed by atoms with Crippen molar-refractivity contribution in [1.82, 2.24) is 10.2 Å². The summed E-state index contributed by atoms with van der Waals surface area (Å²) in [6.45, 7) is 10.1. The number of nitrogens with one attached hydrogen (secondary N) is 1. The van der Waals surface area contributed by atoms with Crippen molar-refractivity contribution in [1.29, 1.82) is 0 Å². The zero-order valence-corrected chi connectivity index (χ0v) is 13.8. The van der Waals surface area contributed by atoms with Gasteiger partial charge in [0.1, 0.15) is 12.4 Å². The Morgan fingerprint density at radius 3 is 2.75 bits per heavy atom. The van der Waals surface area contributed by atoms with E-state index in [0.29, 0.717) is 0 Å². The fraction of sp³-hybridized carbons (Fsp3) is 0.625. The number of fused-ring (bicyclic) bond motifs is 1. The molecule has 3 nitrogen and oxygen atoms in total. The van der Waals surface area contributed by atoms with Gasteiger partial charge in [-0.1, -0.05) is 15.9 Å². The highest BCUT2D eigenvalue weighted by atomic mass is 79.9. The quantitative estimate of drug-likeness (QED) is 0.913. The van der Waals surface area contributed by atoms with Gasteiger partial charge in [-0.25, -0.2) is 0 Å². The molecule has 2 atom stereocenters. The standard InChI is InChI=1S/C16H23BrN2O/c1-16(2)15-10-18-9-12(15)11-19(16)7-8-20-14-5-3-13(17)4-6-14/h3-6,12,15,18H,7-11H2,1-2H3. The highest BCUT2D eigenvalue weighted by Crippen LogP contribution is 2.40. The Morgan fingerprint density at radius 1 is 1.30 bits per heavy atom. The zero-order chi connectivity index (χ0) is 14.2. The lowest BCUT2D eigenvalue weighted by Crippen LogP contribution is -2.46. The molecule has 0 aliphatic carbocycles. The summed E-state index contributed by atoms with van der Waals surface area (Å²) < 4.78 is 6.95. The van der Waals surface area contributed by atoms with Gasteiger partial charge >= 0.3 is 0 Å².